The first-order valence-corrected chi connectivity index (χ1v) is 40.9. The molecule has 16 rings (SSSR count). The molecule has 8 aliphatic carbocycles. The Kier molecular flexibility index (Phi) is 19.9. The highest BCUT2D eigenvalue weighted by molar-refractivity contribution is 8.77. The van der Waals surface area contributed by atoms with Crippen LogP contribution in [0.2, 0.25) is 0 Å². The Labute approximate surface area is 592 Å². The summed E-state index contributed by atoms with van der Waals surface area (Å²) in [6.07, 6.45) is 20.8. The van der Waals surface area contributed by atoms with Gasteiger partial charge in [0.1, 0.15) is 5.75 Å². The van der Waals surface area contributed by atoms with E-state index in [2.05, 4.69) is 83.6 Å². The summed E-state index contributed by atoms with van der Waals surface area (Å²) in [5.41, 5.74) is 23.2. The summed E-state index contributed by atoms with van der Waals surface area (Å²) in [6, 6.07) is 32.7. The van der Waals surface area contributed by atoms with Crippen LogP contribution in [0.3, 0.4) is 0 Å². The lowest BCUT2D eigenvalue weighted by molar-refractivity contribution is -0.149. The summed E-state index contributed by atoms with van der Waals surface area (Å²) in [7, 11) is 7.01. The smallest absolute Gasteiger partial charge is 0.165 e. The maximum Gasteiger partial charge on any atom is 0.165 e. The summed E-state index contributed by atoms with van der Waals surface area (Å²) in [6.45, 7) is 0.219. The van der Waals surface area contributed by atoms with E-state index in [9.17, 15) is 40.2 Å². The number of aromatic nitrogens is 1. The van der Waals surface area contributed by atoms with Crippen LogP contribution >= 0.6 is 43.2 Å². The molecule has 3 fully saturated rings. The Morgan fingerprint density at radius 2 is 1.47 bits per heavy atom. The summed E-state index contributed by atoms with van der Waals surface area (Å²) in [5, 5.41) is 75.9. The average molecular weight is 1390 g/mol. The fourth-order valence-corrected chi connectivity index (χ4v) is 25.5. The number of phenols is 2. The van der Waals surface area contributed by atoms with Crippen molar-refractivity contribution >= 4 is 54.7 Å². The number of ether oxygens (including phenoxy) is 1. The first-order chi connectivity index (χ1) is 47.5. The lowest BCUT2D eigenvalue weighted by atomic mass is 9.57. The average Bonchev–Trinajstić information content (AvgIpc) is 1.56. The zero-order chi connectivity index (χ0) is 67.5. The molecule has 3 heterocycles. The van der Waals surface area contributed by atoms with Gasteiger partial charge in [-0.05, 0) is 228 Å². The fraction of sp³-hybridized carbons (Fsp3) is 0.488. The van der Waals surface area contributed by atoms with Crippen molar-refractivity contribution in [1.82, 2.24) is 4.98 Å². The number of hydrogen-bond donors (Lipinski definition) is 9. The van der Waals surface area contributed by atoms with Crippen LogP contribution in [0, 0.1) is 64.6 Å². The molecule has 2 aliphatic heterocycles. The van der Waals surface area contributed by atoms with Crippen LogP contribution in [0.15, 0.2) is 128 Å². The van der Waals surface area contributed by atoms with Gasteiger partial charge in [0, 0.05) is 76.9 Å². The van der Waals surface area contributed by atoms with E-state index < -0.39 is 34.8 Å². The zero-order valence-electron chi connectivity index (χ0n) is 55.8. The first-order valence-electron chi connectivity index (χ1n) is 36.0. The summed E-state index contributed by atoms with van der Waals surface area (Å²) in [4.78, 5) is 32.6. The monoisotopic (exact) mass is 1390 g/mol. The lowest BCUT2D eigenvalue weighted by Crippen LogP contribution is -2.53. The third kappa shape index (κ3) is 13.7. The minimum atomic E-state index is -1.35. The van der Waals surface area contributed by atoms with Crippen LogP contribution in [0.1, 0.15) is 178 Å². The number of nitrogens with two attached hydrogens (primary N) is 2. The molecule has 0 saturated heterocycles. The van der Waals surface area contributed by atoms with Crippen LogP contribution in [-0.2, 0) is 55.5 Å². The van der Waals surface area contributed by atoms with Gasteiger partial charge in [0.05, 0.1) is 48.4 Å². The molecule has 3 saturated carbocycles. The lowest BCUT2D eigenvalue weighted by Gasteiger charge is -2.51. The van der Waals surface area contributed by atoms with E-state index >= 15 is 0 Å². The highest BCUT2D eigenvalue weighted by atomic mass is 33.1. The summed E-state index contributed by atoms with van der Waals surface area (Å²) in [5.74, 6) is 8.24. The number of benzene rings is 5. The maximum atomic E-state index is 14.8. The van der Waals surface area contributed by atoms with Gasteiger partial charge in [-0.15, -0.1) is 0 Å². The van der Waals surface area contributed by atoms with Gasteiger partial charge in [-0.1, -0.05) is 153 Å². The molecular formula is C82H93N3O9S4. The molecule has 15 unspecified atom stereocenters. The van der Waals surface area contributed by atoms with Gasteiger partial charge in [0.2, 0.25) is 0 Å². The topological polar surface area (TPSA) is 233 Å². The summed E-state index contributed by atoms with van der Waals surface area (Å²) < 4.78 is 6.34. The Balaban J connectivity index is 0.830. The Morgan fingerprint density at radius 1 is 0.694 bits per heavy atom. The molecule has 15 atom stereocenters. The Morgan fingerprint density at radius 3 is 2.31 bits per heavy atom. The van der Waals surface area contributed by atoms with E-state index in [4.69, 9.17) is 16.2 Å². The second-order valence-corrected chi connectivity index (χ2v) is 35.6. The van der Waals surface area contributed by atoms with Crippen molar-refractivity contribution in [2.45, 2.75) is 168 Å². The van der Waals surface area contributed by atoms with Gasteiger partial charge >= 0.3 is 0 Å². The molecule has 1 aromatic heterocycles. The van der Waals surface area contributed by atoms with E-state index in [0.29, 0.717) is 85.3 Å². The second kappa shape index (κ2) is 28.6. The van der Waals surface area contributed by atoms with Gasteiger partial charge in [0.25, 0.3) is 0 Å². The Bertz CT molecular complexity index is 4100. The van der Waals surface area contributed by atoms with Crippen LogP contribution in [0.4, 0.5) is 0 Å². The number of aromatic hydroxyl groups is 2. The van der Waals surface area contributed by atoms with Crippen molar-refractivity contribution in [2.24, 2.45) is 64.2 Å². The van der Waals surface area contributed by atoms with E-state index in [1.165, 1.54) is 27.8 Å². The number of nitrogens with one attached hydrogen (secondary N) is 1. The number of aliphatic hydroxyl groups is 4. The number of aromatic amines is 1. The number of allylic oxidation sites excluding steroid dienone is 3. The largest absolute Gasteiger partial charge is 0.508 e. The quantitative estimate of drug-likeness (QED) is 0.0340. The van der Waals surface area contributed by atoms with Crippen molar-refractivity contribution in [2.75, 3.05) is 24.7 Å². The van der Waals surface area contributed by atoms with Crippen LogP contribution in [0.5, 0.6) is 17.2 Å². The van der Waals surface area contributed by atoms with Gasteiger partial charge < -0.3 is 51.8 Å². The van der Waals surface area contributed by atoms with Gasteiger partial charge in [0.15, 0.2) is 23.1 Å². The van der Waals surface area contributed by atoms with Crippen molar-refractivity contribution < 1.29 is 45.0 Å². The number of fused-ring (bicyclic) bond motifs is 18. The third-order valence-corrected chi connectivity index (χ3v) is 30.0. The molecule has 22 bridgehead atoms. The first kappa shape index (κ1) is 68.1. The predicted molar refractivity (Wildman–Crippen MR) is 394 cm³/mol. The van der Waals surface area contributed by atoms with Crippen LogP contribution < -0.4 is 16.2 Å². The van der Waals surface area contributed by atoms with Crippen molar-refractivity contribution in [1.29, 1.82) is 0 Å². The fourth-order valence-electron chi connectivity index (χ4n) is 19.6. The SMILES string of the molecule is NC(N)c1cc2c3cc1CSSCC1CC4(C=CC(=O)CCc5ccc(O)c(c5)OCCc5ccc(O)c(c5)C3CC(=O)c3cc[nH]c3CC#C2)CC1(O)C1C=CC4CC2CC3(O)CC4CCCC(CCc5ccc(cc5)CCc5ccc6c(c5)CC2C(C4)C(CSS1)C6CO)C3O. The minimum absolute atomic E-state index is 0.0200. The van der Waals surface area contributed by atoms with Crippen molar-refractivity contribution in [3.05, 3.63) is 206 Å². The second-order valence-electron chi connectivity index (χ2n) is 30.5. The number of aliphatic hydroxyl groups excluding tert-OH is 2. The van der Waals surface area contributed by atoms with Crippen molar-refractivity contribution in [3.8, 4) is 29.1 Å². The predicted octanol–water partition coefficient (Wildman–Crippen LogP) is 13.9. The van der Waals surface area contributed by atoms with Gasteiger partial charge in [-0.2, -0.15) is 0 Å². The highest BCUT2D eigenvalue weighted by Crippen LogP contribution is 2.64. The molecule has 0 radical (unpaired) electrons. The number of carbonyl (C=O) groups excluding carboxylic acids is 2. The molecular weight excluding hydrogens is 1300 g/mol. The number of H-pyrrole nitrogens is 1. The number of phenolic OH excluding ortho intramolecular Hbond substituents is 2. The molecule has 10 aliphatic rings. The summed E-state index contributed by atoms with van der Waals surface area (Å²) >= 11 is 0. The number of ketones is 2. The molecule has 514 valence electrons. The van der Waals surface area contributed by atoms with Gasteiger partial charge in [-0.25, -0.2) is 0 Å². The third-order valence-electron chi connectivity index (χ3n) is 24.8. The van der Waals surface area contributed by atoms with Crippen LogP contribution in [-0.4, -0.2) is 94.5 Å². The minimum Gasteiger partial charge on any atom is -0.508 e. The molecule has 0 amide bonds. The zero-order valence-corrected chi connectivity index (χ0v) is 59.1. The number of rotatable bonds is 2. The molecule has 1 spiro atoms. The van der Waals surface area contributed by atoms with E-state index in [1.807, 2.05) is 35.1 Å². The molecule has 6 aromatic rings. The van der Waals surface area contributed by atoms with E-state index in [0.717, 1.165) is 97.1 Å². The normalized spacial score (nSPS) is 32.7. The maximum absolute atomic E-state index is 14.8. The molecule has 11 N–H and O–H groups in total. The number of hydrogen-bond acceptors (Lipinski definition) is 15. The van der Waals surface area contributed by atoms with E-state index in [1.54, 1.807) is 68.9 Å². The molecule has 12 nitrogen and oxygen atoms in total. The molecule has 5 aromatic carbocycles. The van der Waals surface area contributed by atoms with Gasteiger partial charge in [-0.3, -0.25) is 9.59 Å². The van der Waals surface area contributed by atoms with Crippen molar-refractivity contribution in [3.63, 3.8) is 0 Å². The number of carbonyl (C=O) groups is 2. The highest BCUT2D eigenvalue weighted by Gasteiger charge is 2.61. The van der Waals surface area contributed by atoms with Crippen LogP contribution in [0.25, 0.3) is 0 Å². The number of aryl methyl sites for hydroxylation is 4. The van der Waals surface area contributed by atoms with E-state index in [-0.39, 0.29) is 108 Å². The number of Topliss-reactive ketones (excluding diaryl/α,β-unsaturated/α-hetero) is 1. The standard InChI is InChI=1S/C82H93N3O9S4/c83-79(84)66-36-55-5-2-6-72-63(26-29-85-72)75(90)39-68-64(55)38-58(66)44-95-96-45-60-42-80(28-25-61(87)20-14-51-17-23-74(89)76(34-51)94-30-27-52-16-22-73(88)69(68)32-52)47-82(60,93)77-24-19-59(80)35-57-41-81(92)40-53-3-1-4-54(78(81)91)18-13-49-9-7-48(8-10-49)11-12-50-15-21-62-56(31-50)37-65(57)67(33-53)71(46-97-98-77)70(62)43-86/h7-10,15-17,19,21-26,28-29,31-32,34,36,38,53-54,57,59-60,65,67-68,70-71,77-79,85-86,88-89,91-93H,1,3-4,6,11-14,18,20,27,30,33,35,37,39-47,83-84H2. The Hall–Kier alpha value is -5.68. The molecule has 98 heavy (non-hydrogen) atoms. The molecule has 16 heteroatoms.